The Bertz CT molecular complexity index is 195. The van der Waals surface area contributed by atoms with E-state index in [1.54, 1.807) is 13.2 Å². The number of rotatable bonds is 5. The Labute approximate surface area is 81.7 Å². The molecule has 3 atom stereocenters. The highest BCUT2D eigenvalue weighted by Crippen LogP contribution is 1.97. The molecule has 0 aliphatic rings. The number of hydrogen-bond acceptors (Lipinski definition) is 3. The molecular formula is C8H18N2O2S. The molecule has 4 nitrogen and oxygen atoms in total. The van der Waals surface area contributed by atoms with Crippen molar-refractivity contribution in [2.75, 3.05) is 12.8 Å². The fraction of sp³-hybridized carbons (Fsp3) is 0.875. The fourth-order valence-electron chi connectivity index (χ4n) is 0.726. The van der Waals surface area contributed by atoms with E-state index in [1.165, 1.54) is 0 Å². The third-order valence-electron chi connectivity index (χ3n) is 1.83. The molecule has 0 aliphatic heterocycles. The topological polar surface area (TPSA) is 72.2 Å². The van der Waals surface area contributed by atoms with E-state index in [4.69, 9.17) is 5.73 Å². The lowest BCUT2D eigenvalue weighted by Gasteiger charge is -2.10. The van der Waals surface area contributed by atoms with Crippen LogP contribution in [0.1, 0.15) is 20.3 Å². The molecule has 0 rings (SSSR count). The maximum atomic E-state index is 11.0. The molecule has 0 aromatic rings. The summed E-state index contributed by atoms with van der Waals surface area (Å²) in [5.41, 5.74) is 5.34. The van der Waals surface area contributed by atoms with Crippen molar-refractivity contribution >= 4 is 16.7 Å². The SMILES string of the molecule is CC(N)C(=O)NCCC(C)S(C)=O. The molecule has 0 bridgehead atoms. The van der Waals surface area contributed by atoms with E-state index in [9.17, 15) is 9.00 Å². The van der Waals surface area contributed by atoms with Gasteiger partial charge in [0.1, 0.15) is 0 Å². The van der Waals surface area contributed by atoms with Gasteiger partial charge in [0, 0.05) is 28.9 Å². The Morgan fingerprint density at radius 1 is 1.54 bits per heavy atom. The highest BCUT2D eigenvalue weighted by molar-refractivity contribution is 7.84. The first-order chi connectivity index (χ1) is 5.95. The second-order valence-electron chi connectivity index (χ2n) is 3.18. The predicted molar refractivity (Wildman–Crippen MR) is 54.8 cm³/mol. The van der Waals surface area contributed by atoms with Gasteiger partial charge in [0.15, 0.2) is 0 Å². The van der Waals surface area contributed by atoms with Gasteiger partial charge in [-0.05, 0) is 13.3 Å². The molecule has 78 valence electrons. The predicted octanol–water partition coefficient (Wildman–Crippen LogP) is -0.393. The lowest BCUT2D eigenvalue weighted by Crippen LogP contribution is -2.39. The highest BCUT2D eigenvalue weighted by Gasteiger charge is 2.08. The lowest BCUT2D eigenvalue weighted by atomic mass is 10.3. The normalized spacial score (nSPS) is 17.5. The number of amides is 1. The van der Waals surface area contributed by atoms with Crippen molar-refractivity contribution in [1.29, 1.82) is 0 Å². The van der Waals surface area contributed by atoms with E-state index in [0.717, 1.165) is 6.42 Å². The van der Waals surface area contributed by atoms with Crippen molar-refractivity contribution in [2.45, 2.75) is 31.6 Å². The lowest BCUT2D eigenvalue weighted by molar-refractivity contribution is -0.121. The van der Waals surface area contributed by atoms with Gasteiger partial charge in [-0.25, -0.2) is 0 Å². The molecule has 0 heterocycles. The molecule has 0 aromatic heterocycles. The van der Waals surface area contributed by atoms with Crippen LogP contribution in [0.25, 0.3) is 0 Å². The summed E-state index contributed by atoms with van der Waals surface area (Å²) in [5.74, 6) is -0.158. The minimum absolute atomic E-state index is 0.119. The summed E-state index contributed by atoms with van der Waals surface area (Å²) in [4.78, 5) is 11.0. The van der Waals surface area contributed by atoms with Crippen molar-refractivity contribution in [2.24, 2.45) is 5.73 Å². The molecule has 0 saturated heterocycles. The molecule has 0 aliphatic carbocycles. The van der Waals surface area contributed by atoms with Gasteiger partial charge in [-0.3, -0.25) is 9.00 Å². The molecule has 1 amide bonds. The van der Waals surface area contributed by atoms with E-state index < -0.39 is 16.8 Å². The smallest absolute Gasteiger partial charge is 0.236 e. The number of nitrogens with one attached hydrogen (secondary N) is 1. The van der Waals surface area contributed by atoms with Gasteiger partial charge in [-0.1, -0.05) is 6.92 Å². The third-order valence-corrected chi connectivity index (χ3v) is 3.20. The molecule has 0 saturated carbocycles. The van der Waals surface area contributed by atoms with Crippen LogP contribution in [-0.4, -0.2) is 34.2 Å². The van der Waals surface area contributed by atoms with Gasteiger partial charge in [-0.15, -0.1) is 0 Å². The Balaban J connectivity index is 3.56. The zero-order chi connectivity index (χ0) is 10.4. The van der Waals surface area contributed by atoms with Crippen LogP contribution in [0.5, 0.6) is 0 Å². The van der Waals surface area contributed by atoms with Crippen molar-refractivity contribution in [3.63, 3.8) is 0 Å². The Morgan fingerprint density at radius 2 is 2.08 bits per heavy atom. The highest BCUT2D eigenvalue weighted by atomic mass is 32.2. The van der Waals surface area contributed by atoms with Crippen LogP contribution < -0.4 is 11.1 Å². The minimum Gasteiger partial charge on any atom is -0.355 e. The average Bonchev–Trinajstić information content (AvgIpc) is 2.03. The summed E-state index contributed by atoms with van der Waals surface area (Å²) < 4.78 is 10.9. The first-order valence-electron chi connectivity index (χ1n) is 4.30. The van der Waals surface area contributed by atoms with Crippen LogP contribution in [0.4, 0.5) is 0 Å². The van der Waals surface area contributed by atoms with E-state index in [0.29, 0.717) is 6.54 Å². The summed E-state index contributed by atoms with van der Waals surface area (Å²) in [6.45, 7) is 4.08. The fourth-order valence-corrected chi connectivity index (χ4v) is 1.18. The van der Waals surface area contributed by atoms with Crippen LogP contribution >= 0.6 is 0 Å². The summed E-state index contributed by atoms with van der Waals surface area (Å²) in [6, 6.07) is -0.470. The number of hydrogen-bond donors (Lipinski definition) is 2. The van der Waals surface area contributed by atoms with Crippen molar-refractivity contribution in [3.05, 3.63) is 0 Å². The van der Waals surface area contributed by atoms with E-state index in [-0.39, 0.29) is 11.2 Å². The van der Waals surface area contributed by atoms with Crippen LogP contribution in [0.3, 0.4) is 0 Å². The maximum Gasteiger partial charge on any atom is 0.236 e. The van der Waals surface area contributed by atoms with Gasteiger partial charge >= 0.3 is 0 Å². The molecule has 0 radical (unpaired) electrons. The van der Waals surface area contributed by atoms with Crippen LogP contribution in [0.15, 0.2) is 0 Å². The van der Waals surface area contributed by atoms with Gasteiger partial charge in [0.05, 0.1) is 6.04 Å². The molecule has 3 N–H and O–H groups in total. The quantitative estimate of drug-likeness (QED) is 0.643. The zero-order valence-electron chi connectivity index (χ0n) is 8.37. The first kappa shape index (κ1) is 12.6. The van der Waals surface area contributed by atoms with Crippen molar-refractivity contribution in [1.82, 2.24) is 5.32 Å². The van der Waals surface area contributed by atoms with Crippen molar-refractivity contribution in [3.8, 4) is 0 Å². The summed E-state index contributed by atoms with van der Waals surface area (Å²) >= 11 is 0. The van der Waals surface area contributed by atoms with Gasteiger partial charge in [-0.2, -0.15) is 0 Å². The van der Waals surface area contributed by atoms with Gasteiger partial charge < -0.3 is 11.1 Å². The van der Waals surface area contributed by atoms with Gasteiger partial charge in [0.2, 0.25) is 5.91 Å². The molecule has 5 heteroatoms. The van der Waals surface area contributed by atoms with E-state index in [2.05, 4.69) is 5.32 Å². The van der Waals surface area contributed by atoms with Crippen molar-refractivity contribution < 1.29 is 9.00 Å². The standard InChI is InChI=1S/C8H18N2O2S/c1-6(13(3)12)4-5-10-8(11)7(2)9/h6-7H,4-5,9H2,1-3H3,(H,10,11). The largest absolute Gasteiger partial charge is 0.355 e. The number of carbonyl (C=O) groups is 1. The Morgan fingerprint density at radius 3 is 2.46 bits per heavy atom. The maximum absolute atomic E-state index is 11.0. The summed E-state index contributed by atoms with van der Waals surface area (Å²) in [6.07, 6.45) is 2.39. The van der Waals surface area contributed by atoms with Crippen LogP contribution in [0.2, 0.25) is 0 Å². The molecule has 13 heavy (non-hydrogen) atoms. The zero-order valence-corrected chi connectivity index (χ0v) is 9.19. The van der Waals surface area contributed by atoms with E-state index in [1.807, 2.05) is 6.92 Å². The molecule has 0 aromatic carbocycles. The third kappa shape index (κ3) is 5.76. The Hall–Kier alpha value is -0.420. The van der Waals surface area contributed by atoms with E-state index >= 15 is 0 Å². The molecule has 0 fully saturated rings. The molecular weight excluding hydrogens is 188 g/mol. The number of carbonyl (C=O) groups excluding carboxylic acids is 1. The van der Waals surface area contributed by atoms with Crippen LogP contribution in [-0.2, 0) is 15.6 Å². The van der Waals surface area contributed by atoms with Gasteiger partial charge in [0.25, 0.3) is 0 Å². The second-order valence-corrected chi connectivity index (χ2v) is 4.98. The Kier molecular flexibility index (Phi) is 5.90. The van der Waals surface area contributed by atoms with Crippen LogP contribution in [0, 0.1) is 0 Å². The minimum atomic E-state index is -0.818. The average molecular weight is 206 g/mol. The molecule has 0 spiro atoms. The number of nitrogens with two attached hydrogens (primary N) is 1. The summed E-state index contributed by atoms with van der Waals surface area (Å²) in [5, 5.41) is 2.79. The monoisotopic (exact) mass is 206 g/mol. The second kappa shape index (κ2) is 6.10. The summed E-state index contributed by atoms with van der Waals surface area (Å²) in [7, 11) is -0.818. The molecule has 3 unspecified atom stereocenters. The first-order valence-corrected chi connectivity index (χ1v) is 5.92.